The van der Waals surface area contributed by atoms with Crippen LogP contribution in [0.25, 0.3) is 0 Å². The zero-order valence-electron chi connectivity index (χ0n) is 10.4. The van der Waals surface area contributed by atoms with E-state index in [1.807, 2.05) is 6.92 Å². The lowest BCUT2D eigenvalue weighted by Gasteiger charge is -2.38. The normalized spacial score (nSPS) is 26.4. The third kappa shape index (κ3) is 3.16. The van der Waals surface area contributed by atoms with E-state index in [-0.39, 0.29) is 17.8 Å². The van der Waals surface area contributed by atoms with Crippen LogP contribution in [0.5, 0.6) is 0 Å². The van der Waals surface area contributed by atoms with Crippen LogP contribution >= 0.6 is 0 Å². The molecule has 1 rings (SSSR count). The molecule has 0 unspecified atom stereocenters. The third-order valence-corrected chi connectivity index (χ3v) is 3.51. The molecule has 0 aromatic carbocycles. The molecule has 0 aromatic rings. The fraction of sp³-hybridized carbons (Fsp3) is 0.769. The molecule has 1 aliphatic carbocycles. The summed E-state index contributed by atoms with van der Waals surface area (Å²) in [4.78, 5) is 11.5. The topological polar surface area (TPSA) is 57.5 Å². The van der Waals surface area contributed by atoms with Crippen LogP contribution in [0.4, 0.5) is 0 Å². The number of rotatable bonds is 4. The Labute approximate surface area is 97.2 Å². The van der Waals surface area contributed by atoms with Gasteiger partial charge in [-0.15, -0.1) is 0 Å². The summed E-state index contributed by atoms with van der Waals surface area (Å²) in [5.41, 5.74) is 1.07. The fourth-order valence-corrected chi connectivity index (χ4v) is 2.66. The van der Waals surface area contributed by atoms with Gasteiger partial charge in [0.2, 0.25) is 0 Å². The van der Waals surface area contributed by atoms with Crippen molar-refractivity contribution in [1.29, 1.82) is 0 Å². The molecule has 0 bridgehead atoms. The Balaban J connectivity index is 2.69. The summed E-state index contributed by atoms with van der Waals surface area (Å²) >= 11 is 0. The second-order valence-electron chi connectivity index (χ2n) is 5.49. The van der Waals surface area contributed by atoms with Crippen LogP contribution < -0.4 is 0 Å². The molecule has 0 spiro atoms. The molecule has 0 amide bonds. The van der Waals surface area contributed by atoms with E-state index in [4.69, 9.17) is 5.11 Å². The Hall–Kier alpha value is -0.670. The van der Waals surface area contributed by atoms with Gasteiger partial charge in [0.1, 0.15) is 0 Å². The van der Waals surface area contributed by atoms with E-state index >= 15 is 0 Å². The molecule has 0 radical (unpaired) electrons. The highest BCUT2D eigenvalue weighted by atomic mass is 16.3. The molecular weight excluding hydrogens is 204 g/mol. The summed E-state index contributed by atoms with van der Waals surface area (Å²) in [5, 5.41) is 18.1. The molecule has 0 heterocycles. The van der Waals surface area contributed by atoms with Gasteiger partial charge in [0, 0.05) is 6.42 Å². The van der Waals surface area contributed by atoms with Crippen molar-refractivity contribution in [1.82, 2.24) is 0 Å². The van der Waals surface area contributed by atoms with Crippen molar-refractivity contribution < 1.29 is 15.0 Å². The lowest BCUT2D eigenvalue weighted by molar-refractivity contribution is -0.117. The third-order valence-electron chi connectivity index (χ3n) is 3.51. The van der Waals surface area contributed by atoms with Crippen LogP contribution in [0, 0.1) is 11.3 Å². The molecule has 0 aromatic heterocycles. The van der Waals surface area contributed by atoms with Crippen molar-refractivity contribution in [3.05, 3.63) is 11.6 Å². The maximum Gasteiger partial charge on any atom is 0.156 e. The van der Waals surface area contributed by atoms with E-state index in [1.165, 1.54) is 0 Å². The molecule has 3 nitrogen and oxygen atoms in total. The SMILES string of the molecule is CC1=CC(=O)CC(C)(C)[C@H]1CC[C@H](O)CO. The summed E-state index contributed by atoms with van der Waals surface area (Å²) in [7, 11) is 0. The van der Waals surface area contributed by atoms with Gasteiger partial charge >= 0.3 is 0 Å². The number of hydrogen-bond donors (Lipinski definition) is 2. The second kappa shape index (κ2) is 5.11. The Bertz CT molecular complexity index is 292. The second-order valence-corrected chi connectivity index (χ2v) is 5.49. The summed E-state index contributed by atoms with van der Waals surface area (Å²) in [6, 6.07) is 0. The highest BCUT2D eigenvalue weighted by Crippen LogP contribution is 2.42. The van der Waals surface area contributed by atoms with Crippen molar-refractivity contribution in [2.45, 2.75) is 46.1 Å². The van der Waals surface area contributed by atoms with E-state index < -0.39 is 6.10 Å². The highest BCUT2D eigenvalue weighted by molar-refractivity contribution is 5.91. The first-order chi connectivity index (χ1) is 7.36. The van der Waals surface area contributed by atoms with E-state index in [0.717, 1.165) is 12.0 Å². The number of carbonyl (C=O) groups is 1. The quantitative estimate of drug-likeness (QED) is 0.767. The van der Waals surface area contributed by atoms with E-state index in [0.29, 0.717) is 18.8 Å². The van der Waals surface area contributed by atoms with Crippen molar-refractivity contribution in [2.75, 3.05) is 6.61 Å². The molecular formula is C13H22O3. The lowest BCUT2D eigenvalue weighted by Crippen LogP contribution is -2.32. The number of hydrogen-bond acceptors (Lipinski definition) is 3. The van der Waals surface area contributed by atoms with Gasteiger partial charge in [-0.05, 0) is 37.2 Å². The number of ketones is 1. The number of allylic oxidation sites excluding steroid dienone is 2. The Kier molecular flexibility index (Phi) is 4.28. The molecule has 0 aliphatic heterocycles. The molecule has 2 atom stereocenters. The van der Waals surface area contributed by atoms with Gasteiger partial charge in [0.15, 0.2) is 5.78 Å². The summed E-state index contributed by atoms with van der Waals surface area (Å²) in [5.74, 6) is 0.521. The van der Waals surface area contributed by atoms with Crippen LogP contribution in [-0.4, -0.2) is 28.7 Å². The first-order valence-electron chi connectivity index (χ1n) is 5.87. The van der Waals surface area contributed by atoms with Gasteiger partial charge < -0.3 is 10.2 Å². The fourth-order valence-electron chi connectivity index (χ4n) is 2.66. The van der Waals surface area contributed by atoms with Crippen LogP contribution in [0.2, 0.25) is 0 Å². The van der Waals surface area contributed by atoms with Crippen molar-refractivity contribution >= 4 is 5.78 Å². The lowest BCUT2D eigenvalue weighted by atomic mass is 9.66. The molecule has 92 valence electrons. The van der Waals surface area contributed by atoms with Gasteiger partial charge in [-0.25, -0.2) is 0 Å². The van der Waals surface area contributed by atoms with Gasteiger partial charge in [0.05, 0.1) is 12.7 Å². The molecule has 1 aliphatic rings. The number of aliphatic hydroxyl groups is 2. The zero-order chi connectivity index (χ0) is 12.3. The summed E-state index contributed by atoms with van der Waals surface area (Å²) in [6.45, 7) is 5.98. The van der Waals surface area contributed by atoms with Gasteiger partial charge in [-0.2, -0.15) is 0 Å². The molecule has 3 heteroatoms. The van der Waals surface area contributed by atoms with Gasteiger partial charge in [0.25, 0.3) is 0 Å². The van der Waals surface area contributed by atoms with Crippen molar-refractivity contribution in [2.24, 2.45) is 11.3 Å². The molecule has 2 N–H and O–H groups in total. The monoisotopic (exact) mass is 226 g/mol. The average Bonchev–Trinajstić information content (AvgIpc) is 2.14. The molecule has 0 fully saturated rings. The molecule has 0 saturated heterocycles. The average molecular weight is 226 g/mol. The first kappa shape index (κ1) is 13.4. The molecule has 0 saturated carbocycles. The summed E-state index contributed by atoms with van der Waals surface area (Å²) < 4.78 is 0. The largest absolute Gasteiger partial charge is 0.394 e. The predicted octanol–water partition coefficient (Wildman–Crippen LogP) is 1.68. The number of aliphatic hydroxyl groups excluding tert-OH is 2. The van der Waals surface area contributed by atoms with E-state index in [9.17, 15) is 9.90 Å². The Morgan fingerprint density at radius 1 is 1.56 bits per heavy atom. The van der Waals surface area contributed by atoms with Crippen LogP contribution in [0.3, 0.4) is 0 Å². The Morgan fingerprint density at radius 3 is 2.69 bits per heavy atom. The van der Waals surface area contributed by atoms with Crippen LogP contribution in [-0.2, 0) is 4.79 Å². The van der Waals surface area contributed by atoms with Gasteiger partial charge in [-0.1, -0.05) is 19.4 Å². The van der Waals surface area contributed by atoms with E-state index in [2.05, 4.69) is 13.8 Å². The Morgan fingerprint density at radius 2 is 2.19 bits per heavy atom. The maximum absolute atomic E-state index is 11.5. The predicted molar refractivity (Wildman–Crippen MR) is 63.0 cm³/mol. The minimum Gasteiger partial charge on any atom is -0.394 e. The van der Waals surface area contributed by atoms with Crippen molar-refractivity contribution in [3.63, 3.8) is 0 Å². The smallest absolute Gasteiger partial charge is 0.156 e. The minimum atomic E-state index is -0.638. The molecule has 16 heavy (non-hydrogen) atoms. The first-order valence-corrected chi connectivity index (χ1v) is 5.87. The van der Waals surface area contributed by atoms with Crippen molar-refractivity contribution in [3.8, 4) is 0 Å². The highest BCUT2D eigenvalue weighted by Gasteiger charge is 2.35. The standard InChI is InChI=1S/C13H22O3/c1-9-6-11(16)7-13(2,3)12(9)5-4-10(15)8-14/h6,10,12,14-15H,4-5,7-8H2,1-3H3/t10-,12-/m0/s1. The summed E-state index contributed by atoms with van der Waals surface area (Å²) in [6.07, 6.45) is 3.07. The minimum absolute atomic E-state index is 0.0366. The van der Waals surface area contributed by atoms with Crippen LogP contribution in [0.1, 0.15) is 40.0 Å². The number of carbonyl (C=O) groups excluding carboxylic acids is 1. The van der Waals surface area contributed by atoms with Gasteiger partial charge in [-0.3, -0.25) is 4.79 Å². The maximum atomic E-state index is 11.5. The van der Waals surface area contributed by atoms with E-state index in [1.54, 1.807) is 6.08 Å². The zero-order valence-corrected chi connectivity index (χ0v) is 10.4. The van der Waals surface area contributed by atoms with Crippen LogP contribution in [0.15, 0.2) is 11.6 Å².